The largest absolute Gasteiger partial charge is 0.477 e. The fraction of sp³-hybridized carbons (Fsp3) is 0.786. The second kappa shape index (κ2) is 18.9. The van der Waals surface area contributed by atoms with Gasteiger partial charge in [0.25, 0.3) is 0 Å². The standard InChI is InChI=1S/C28H51N3O2/c1-3-4-5-6-7-8-9-10-11-12-13-14-15-16-17-18-19-20-21-22-27-30-23-24-31(27,26(2)29)25-28(32)33/h12-13,23-24,26H,3-11,14-22,25,29H2,1-2H3/p+1/b13-12+. The van der Waals surface area contributed by atoms with Gasteiger partial charge in [0, 0.05) is 13.3 Å². The van der Waals surface area contributed by atoms with E-state index in [2.05, 4.69) is 24.1 Å². The Kier molecular flexibility index (Phi) is 16.9. The number of nitrogens with zero attached hydrogens (tertiary/aromatic N) is 2. The number of carboxylic acid groups (broad SMARTS) is 1. The Hall–Kier alpha value is -1.46. The number of carbonyl (C=O) groups is 1. The molecule has 0 aromatic carbocycles. The van der Waals surface area contributed by atoms with Crippen LogP contribution in [0.2, 0.25) is 0 Å². The van der Waals surface area contributed by atoms with Crippen LogP contribution in [-0.4, -0.2) is 34.1 Å². The molecule has 190 valence electrons. The Morgan fingerprint density at radius 3 is 1.88 bits per heavy atom. The molecule has 3 N–H and O–H groups in total. The van der Waals surface area contributed by atoms with Crippen LogP contribution in [0.4, 0.5) is 0 Å². The molecule has 1 aliphatic heterocycles. The van der Waals surface area contributed by atoms with E-state index in [4.69, 9.17) is 5.73 Å². The number of aliphatic imine (C=N–C) groups is 1. The topological polar surface area (TPSA) is 75.7 Å². The summed E-state index contributed by atoms with van der Waals surface area (Å²) in [5, 5.41) is 9.28. The second-order valence-corrected chi connectivity index (χ2v) is 9.81. The van der Waals surface area contributed by atoms with Crippen molar-refractivity contribution < 1.29 is 14.4 Å². The third kappa shape index (κ3) is 13.1. The van der Waals surface area contributed by atoms with Gasteiger partial charge in [0.15, 0.2) is 6.54 Å². The highest BCUT2D eigenvalue weighted by molar-refractivity contribution is 5.81. The zero-order valence-corrected chi connectivity index (χ0v) is 21.6. The number of rotatable bonds is 22. The van der Waals surface area contributed by atoms with Crippen molar-refractivity contribution in [1.29, 1.82) is 0 Å². The molecule has 0 saturated heterocycles. The SMILES string of the molecule is CCCCCCCCCC/C=C/CCCCCCCCCC1=NC=C[N+]1(CC(=O)O)C(C)N. The van der Waals surface area contributed by atoms with Crippen molar-refractivity contribution >= 4 is 11.8 Å². The Labute approximate surface area is 203 Å². The Morgan fingerprint density at radius 2 is 1.39 bits per heavy atom. The van der Waals surface area contributed by atoms with Crippen LogP contribution in [0.1, 0.15) is 129 Å². The lowest BCUT2D eigenvalue weighted by atomic mass is 10.1. The van der Waals surface area contributed by atoms with Crippen molar-refractivity contribution in [3.63, 3.8) is 0 Å². The first-order valence-corrected chi connectivity index (χ1v) is 13.8. The molecule has 5 nitrogen and oxygen atoms in total. The minimum atomic E-state index is -0.838. The van der Waals surface area contributed by atoms with Gasteiger partial charge in [0.05, 0.1) is 6.20 Å². The van der Waals surface area contributed by atoms with E-state index in [0.29, 0.717) is 0 Å². The van der Waals surface area contributed by atoms with Gasteiger partial charge in [-0.2, -0.15) is 0 Å². The average Bonchev–Trinajstić information content (AvgIpc) is 3.18. The molecule has 2 unspecified atom stereocenters. The fourth-order valence-corrected chi connectivity index (χ4v) is 4.65. The molecular weight excluding hydrogens is 410 g/mol. The number of quaternary nitrogens is 1. The van der Waals surface area contributed by atoms with Crippen LogP contribution in [0, 0.1) is 0 Å². The highest BCUT2D eigenvalue weighted by atomic mass is 16.4. The van der Waals surface area contributed by atoms with Crippen molar-refractivity contribution in [3.05, 3.63) is 24.6 Å². The Morgan fingerprint density at radius 1 is 0.909 bits per heavy atom. The molecule has 0 aromatic rings. The number of hydrogen-bond acceptors (Lipinski definition) is 3. The predicted molar refractivity (Wildman–Crippen MR) is 141 cm³/mol. The predicted octanol–water partition coefficient (Wildman–Crippen LogP) is 7.67. The van der Waals surface area contributed by atoms with E-state index in [1.807, 2.05) is 13.1 Å². The molecule has 0 spiro atoms. The maximum atomic E-state index is 11.3. The molecule has 0 amide bonds. The van der Waals surface area contributed by atoms with E-state index < -0.39 is 5.97 Å². The van der Waals surface area contributed by atoms with Crippen molar-refractivity contribution in [2.24, 2.45) is 10.7 Å². The van der Waals surface area contributed by atoms with Crippen molar-refractivity contribution in [3.8, 4) is 0 Å². The van der Waals surface area contributed by atoms with Gasteiger partial charge in [-0.15, -0.1) is 0 Å². The van der Waals surface area contributed by atoms with Gasteiger partial charge in [-0.3, -0.25) is 5.73 Å². The van der Waals surface area contributed by atoms with Gasteiger partial charge >= 0.3 is 5.97 Å². The van der Waals surface area contributed by atoms with Gasteiger partial charge in [0.2, 0.25) is 5.84 Å². The van der Waals surface area contributed by atoms with E-state index in [0.717, 1.165) is 18.7 Å². The molecule has 1 rings (SSSR count). The molecule has 0 saturated carbocycles. The third-order valence-corrected chi connectivity index (χ3v) is 6.82. The molecule has 0 radical (unpaired) electrons. The lowest BCUT2D eigenvalue weighted by Gasteiger charge is -2.34. The van der Waals surface area contributed by atoms with E-state index in [1.165, 1.54) is 103 Å². The summed E-state index contributed by atoms with van der Waals surface area (Å²) in [5.74, 6) is 0.0562. The van der Waals surface area contributed by atoms with Crippen LogP contribution < -0.4 is 5.73 Å². The molecule has 0 fully saturated rings. The van der Waals surface area contributed by atoms with Crippen molar-refractivity contribution in [2.75, 3.05) is 6.54 Å². The normalized spacial score (nSPS) is 18.8. The van der Waals surface area contributed by atoms with Crippen LogP contribution in [-0.2, 0) is 4.79 Å². The maximum Gasteiger partial charge on any atom is 0.360 e. The van der Waals surface area contributed by atoms with Gasteiger partial charge in [0.1, 0.15) is 12.4 Å². The molecule has 5 heteroatoms. The summed E-state index contributed by atoms with van der Waals surface area (Å²) < 4.78 is 0.169. The highest BCUT2D eigenvalue weighted by Gasteiger charge is 2.40. The van der Waals surface area contributed by atoms with Gasteiger partial charge in [-0.1, -0.05) is 96.1 Å². The van der Waals surface area contributed by atoms with Crippen molar-refractivity contribution in [1.82, 2.24) is 0 Å². The number of amidine groups is 1. The van der Waals surface area contributed by atoms with Gasteiger partial charge in [-0.25, -0.2) is 14.3 Å². The third-order valence-electron chi connectivity index (χ3n) is 6.82. The summed E-state index contributed by atoms with van der Waals surface area (Å²) in [7, 11) is 0. The first-order valence-electron chi connectivity index (χ1n) is 13.8. The number of nitrogens with two attached hydrogens (primary N) is 1. The zero-order chi connectivity index (χ0) is 24.2. The van der Waals surface area contributed by atoms with Gasteiger partial charge < -0.3 is 5.11 Å². The summed E-state index contributed by atoms with van der Waals surface area (Å²) in [6.45, 7) is 4.11. The Balaban J connectivity index is 1.94. The molecular formula is C28H52N3O2+. The van der Waals surface area contributed by atoms with Gasteiger partial charge in [-0.05, 0) is 32.1 Å². The summed E-state index contributed by atoms with van der Waals surface area (Å²) in [4.78, 5) is 15.7. The number of hydrogen-bond donors (Lipinski definition) is 2. The quantitative estimate of drug-likeness (QED) is 0.0984. The minimum absolute atomic E-state index is 0.0272. The minimum Gasteiger partial charge on any atom is -0.477 e. The maximum absolute atomic E-state index is 11.3. The summed E-state index contributed by atoms with van der Waals surface area (Å²) >= 11 is 0. The van der Waals surface area contributed by atoms with Crippen LogP contribution in [0.25, 0.3) is 0 Å². The number of carboxylic acids is 1. The number of allylic oxidation sites excluding steroid dienone is 2. The molecule has 2 atom stereocenters. The number of unbranched alkanes of at least 4 members (excludes halogenated alkanes) is 15. The lowest BCUT2D eigenvalue weighted by molar-refractivity contribution is -0.805. The Bertz CT molecular complexity index is 598. The highest BCUT2D eigenvalue weighted by Crippen LogP contribution is 2.23. The molecule has 0 aliphatic carbocycles. The summed E-state index contributed by atoms with van der Waals surface area (Å²) in [6.07, 6.45) is 31.2. The lowest BCUT2D eigenvalue weighted by Crippen LogP contribution is -2.59. The first kappa shape index (κ1) is 29.6. The van der Waals surface area contributed by atoms with Crippen molar-refractivity contribution in [2.45, 2.75) is 136 Å². The summed E-state index contributed by atoms with van der Waals surface area (Å²) in [6, 6.07) is 0. The summed E-state index contributed by atoms with van der Waals surface area (Å²) in [5.41, 5.74) is 6.12. The molecule has 0 aromatic heterocycles. The van der Waals surface area contributed by atoms with E-state index in [1.54, 1.807) is 6.20 Å². The van der Waals surface area contributed by atoms with E-state index in [-0.39, 0.29) is 17.2 Å². The van der Waals surface area contributed by atoms with E-state index >= 15 is 0 Å². The zero-order valence-electron chi connectivity index (χ0n) is 21.6. The molecule has 1 aliphatic rings. The molecule has 0 bridgehead atoms. The number of aliphatic carboxylic acids is 1. The van der Waals surface area contributed by atoms with Crippen LogP contribution >= 0.6 is 0 Å². The molecule has 1 heterocycles. The van der Waals surface area contributed by atoms with Crippen LogP contribution in [0.5, 0.6) is 0 Å². The molecule has 33 heavy (non-hydrogen) atoms. The smallest absolute Gasteiger partial charge is 0.360 e. The average molecular weight is 463 g/mol. The monoisotopic (exact) mass is 462 g/mol. The second-order valence-electron chi connectivity index (χ2n) is 9.81. The first-order chi connectivity index (χ1) is 16.0. The van der Waals surface area contributed by atoms with Crippen LogP contribution in [0.15, 0.2) is 29.5 Å². The fourth-order valence-electron chi connectivity index (χ4n) is 4.65. The van der Waals surface area contributed by atoms with E-state index in [9.17, 15) is 9.90 Å². The van der Waals surface area contributed by atoms with Crippen LogP contribution in [0.3, 0.4) is 0 Å².